The first-order valence-electron chi connectivity index (χ1n) is 5.19. The van der Waals surface area contributed by atoms with Crippen molar-refractivity contribution in [2.45, 2.75) is 6.92 Å². The molecular formula is C12H14N2O2. The molecule has 2 aromatic rings. The van der Waals surface area contributed by atoms with Crippen molar-refractivity contribution in [1.82, 2.24) is 10.3 Å². The van der Waals surface area contributed by atoms with Gasteiger partial charge in [-0.15, -0.1) is 0 Å². The highest BCUT2D eigenvalue weighted by Gasteiger charge is 2.08. The average Bonchev–Trinajstić information content (AvgIpc) is 2.68. The molecule has 4 heteroatoms. The lowest BCUT2D eigenvalue weighted by Gasteiger charge is -1.99. The number of aliphatic hydroxyl groups is 1. The number of aryl methyl sites for hydroxylation is 1. The normalized spacial score (nSPS) is 10.6. The largest absolute Gasteiger partial charge is 0.395 e. The number of H-pyrrole nitrogens is 1. The monoisotopic (exact) mass is 218 g/mol. The highest BCUT2D eigenvalue weighted by molar-refractivity contribution is 5.98. The Balaban J connectivity index is 2.28. The number of aliphatic hydroxyl groups excluding tert-OH is 1. The zero-order valence-electron chi connectivity index (χ0n) is 9.08. The zero-order chi connectivity index (χ0) is 11.5. The molecule has 0 atom stereocenters. The third-order valence-electron chi connectivity index (χ3n) is 2.42. The lowest BCUT2D eigenvalue weighted by Crippen LogP contribution is -2.26. The van der Waals surface area contributed by atoms with Gasteiger partial charge in [-0.3, -0.25) is 4.79 Å². The fourth-order valence-electron chi connectivity index (χ4n) is 1.63. The second kappa shape index (κ2) is 4.37. The predicted molar refractivity (Wildman–Crippen MR) is 62.5 cm³/mol. The third-order valence-corrected chi connectivity index (χ3v) is 2.42. The Bertz CT molecular complexity index is 517. The van der Waals surface area contributed by atoms with E-state index in [0.717, 1.165) is 16.5 Å². The molecule has 1 heterocycles. The van der Waals surface area contributed by atoms with Crippen LogP contribution in [0, 0.1) is 6.92 Å². The molecule has 0 bridgehead atoms. The van der Waals surface area contributed by atoms with E-state index in [0.29, 0.717) is 5.69 Å². The molecular weight excluding hydrogens is 204 g/mol. The van der Waals surface area contributed by atoms with Crippen molar-refractivity contribution in [3.8, 4) is 0 Å². The molecule has 0 aliphatic rings. The van der Waals surface area contributed by atoms with Gasteiger partial charge in [-0.1, -0.05) is 12.1 Å². The zero-order valence-corrected chi connectivity index (χ0v) is 9.08. The van der Waals surface area contributed by atoms with Crippen LogP contribution >= 0.6 is 0 Å². The number of carbonyl (C=O) groups excluding carboxylic acids is 1. The number of hydrogen-bond donors (Lipinski definition) is 3. The maximum absolute atomic E-state index is 11.6. The Morgan fingerprint density at radius 3 is 3.00 bits per heavy atom. The number of nitrogens with one attached hydrogen (secondary N) is 2. The molecule has 0 saturated carbocycles. The van der Waals surface area contributed by atoms with Gasteiger partial charge in [0.25, 0.3) is 5.91 Å². The highest BCUT2D eigenvalue weighted by Crippen LogP contribution is 2.16. The fourth-order valence-corrected chi connectivity index (χ4v) is 1.63. The first-order chi connectivity index (χ1) is 7.70. The van der Waals surface area contributed by atoms with Crippen LogP contribution in [0.25, 0.3) is 10.9 Å². The topological polar surface area (TPSA) is 65.1 Å². The van der Waals surface area contributed by atoms with Crippen LogP contribution < -0.4 is 5.32 Å². The summed E-state index contributed by atoms with van der Waals surface area (Å²) < 4.78 is 0. The van der Waals surface area contributed by atoms with Crippen molar-refractivity contribution in [2.24, 2.45) is 0 Å². The first kappa shape index (κ1) is 10.7. The summed E-state index contributed by atoms with van der Waals surface area (Å²) in [6.07, 6.45) is 0. The second-order valence-electron chi connectivity index (χ2n) is 3.75. The van der Waals surface area contributed by atoms with Crippen LogP contribution in [0.4, 0.5) is 0 Å². The van der Waals surface area contributed by atoms with Crippen LogP contribution in [0.15, 0.2) is 24.3 Å². The van der Waals surface area contributed by atoms with Crippen molar-refractivity contribution in [1.29, 1.82) is 0 Å². The van der Waals surface area contributed by atoms with Crippen LogP contribution in [0.2, 0.25) is 0 Å². The Labute approximate surface area is 93.3 Å². The molecule has 0 radical (unpaired) electrons. The highest BCUT2D eigenvalue weighted by atomic mass is 16.3. The van der Waals surface area contributed by atoms with Crippen molar-refractivity contribution < 1.29 is 9.90 Å². The molecule has 0 unspecified atom stereocenters. The van der Waals surface area contributed by atoms with Gasteiger partial charge in [-0.25, -0.2) is 0 Å². The molecule has 0 aliphatic heterocycles. The molecule has 4 nitrogen and oxygen atoms in total. The Hall–Kier alpha value is -1.81. The lowest BCUT2D eigenvalue weighted by molar-refractivity contribution is 0.0940. The van der Waals surface area contributed by atoms with Crippen molar-refractivity contribution >= 4 is 16.8 Å². The van der Waals surface area contributed by atoms with E-state index in [2.05, 4.69) is 10.3 Å². The molecule has 1 aromatic carbocycles. The van der Waals surface area contributed by atoms with E-state index in [9.17, 15) is 4.79 Å². The summed E-state index contributed by atoms with van der Waals surface area (Å²) in [6, 6.07) is 7.79. The van der Waals surface area contributed by atoms with Crippen molar-refractivity contribution in [3.63, 3.8) is 0 Å². The van der Waals surface area contributed by atoms with Gasteiger partial charge in [0.2, 0.25) is 0 Å². The number of carbonyl (C=O) groups is 1. The van der Waals surface area contributed by atoms with Gasteiger partial charge in [-0.05, 0) is 24.6 Å². The number of aromatic nitrogens is 1. The molecule has 0 spiro atoms. The van der Waals surface area contributed by atoms with E-state index in [-0.39, 0.29) is 19.1 Å². The van der Waals surface area contributed by atoms with E-state index in [1.807, 2.05) is 31.2 Å². The molecule has 1 aromatic heterocycles. The lowest BCUT2D eigenvalue weighted by atomic mass is 10.2. The number of rotatable bonds is 3. The van der Waals surface area contributed by atoms with Gasteiger partial charge in [-0.2, -0.15) is 0 Å². The van der Waals surface area contributed by atoms with E-state index >= 15 is 0 Å². The molecule has 84 valence electrons. The summed E-state index contributed by atoms with van der Waals surface area (Å²) in [5, 5.41) is 12.2. The molecule has 0 aliphatic carbocycles. The fraction of sp³-hybridized carbons (Fsp3) is 0.250. The van der Waals surface area contributed by atoms with Crippen LogP contribution in [0.1, 0.15) is 16.1 Å². The molecule has 16 heavy (non-hydrogen) atoms. The van der Waals surface area contributed by atoms with E-state index in [4.69, 9.17) is 5.11 Å². The maximum atomic E-state index is 11.6. The smallest absolute Gasteiger partial charge is 0.267 e. The summed E-state index contributed by atoms with van der Waals surface area (Å²) in [6.45, 7) is 2.23. The van der Waals surface area contributed by atoms with Crippen LogP contribution in [0.5, 0.6) is 0 Å². The first-order valence-corrected chi connectivity index (χ1v) is 5.19. The summed E-state index contributed by atoms with van der Waals surface area (Å²) in [4.78, 5) is 14.7. The van der Waals surface area contributed by atoms with Crippen molar-refractivity contribution in [2.75, 3.05) is 13.2 Å². The maximum Gasteiger partial charge on any atom is 0.267 e. The number of benzene rings is 1. The SMILES string of the molecule is Cc1ccc2cc(C(=O)NCCO)[nH]c2c1. The molecule has 3 N–H and O–H groups in total. The molecule has 2 rings (SSSR count). The van der Waals surface area contributed by atoms with E-state index < -0.39 is 0 Å². The summed E-state index contributed by atoms with van der Waals surface area (Å²) in [7, 11) is 0. The van der Waals surface area contributed by atoms with Gasteiger partial charge in [0.05, 0.1) is 6.61 Å². The Morgan fingerprint density at radius 1 is 1.44 bits per heavy atom. The van der Waals surface area contributed by atoms with Crippen LogP contribution in [-0.2, 0) is 0 Å². The minimum Gasteiger partial charge on any atom is -0.395 e. The molecule has 0 saturated heterocycles. The van der Waals surface area contributed by atoms with Gasteiger partial charge in [0, 0.05) is 17.4 Å². The average molecular weight is 218 g/mol. The van der Waals surface area contributed by atoms with E-state index in [1.54, 1.807) is 0 Å². The summed E-state index contributed by atoms with van der Waals surface area (Å²) >= 11 is 0. The minimum absolute atomic E-state index is 0.0505. The van der Waals surface area contributed by atoms with Gasteiger partial charge >= 0.3 is 0 Å². The second-order valence-corrected chi connectivity index (χ2v) is 3.75. The summed E-state index contributed by atoms with van der Waals surface area (Å²) in [5.74, 6) is -0.192. The van der Waals surface area contributed by atoms with Gasteiger partial charge in [0.1, 0.15) is 5.69 Å². The van der Waals surface area contributed by atoms with Gasteiger partial charge in [0.15, 0.2) is 0 Å². The third kappa shape index (κ3) is 2.06. The van der Waals surface area contributed by atoms with Gasteiger partial charge < -0.3 is 15.4 Å². The number of fused-ring (bicyclic) bond motifs is 1. The standard InChI is InChI=1S/C12H14N2O2/c1-8-2-3-9-7-11(14-10(9)6-8)12(16)13-4-5-15/h2-3,6-7,14-15H,4-5H2,1H3,(H,13,16). The van der Waals surface area contributed by atoms with Crippen LogP contribution in [-0.4, -0.2) is 29.1 Å². The Kier molecular flexibility index (Phi) is 2.92. The van der Waals surface area contributed by atoms with E-state index in [1.165, 1.54) is 0 Å². The number of amides is 1. The predicted octanol–water partition coefficient (Wildman–Crippen LogP) is 1.20. The van der Waals surface area contributed by atoms with Crippen molar-refractivity contribution in [3.05, 3.63) is 35.5 Å². The number of aromatic amines is 1. The van der Waals surface area contributed by atoms with Crippen LogP contribution in [0.3, 0.4) is 0 Å². The molecule has 1 amide bonds. The molecule has 0 fully saturated rings. The quantitative estimate of drug-likeness (QED) is 0.724. The summed E-state index contributed by atoms with van der Waals surface area (Å²) in [5.41, 5.74) is 2.62. The minimum atomic E-state index is -0.192. The number of hydrogen-bond acceptors (Lipinski definition) is 2. The Morgan fingerprint density at radius 2 is 2.25 bits per heavy atom.